The molecule has 15 heavy (non-hydrogen) atoms. The molecule has 0 aromatic carbocycles. The normalized spacial score (nSPS) is 17.7. The van der Waals surface area contributed by atoms with E-state index in [0.29, 0.717) is 12.0 Å². The highest BCUT2D eigenvalue weighted by Crippen LogP contribution is 2.39. The summed E-state index contributed by atoms with van der Waals surface area (Å²) in [6.07, 6.45) is 5.87. The second kappa shape index (κ2) is 5.16. The number of thioether (sulfide) groups is 1. The highest BCUT2D eigenvalue weighted by Gasteiger charge is 2.27. The summed E-state index contributed by atoms with van der Waals surface area (Å²) in [5, 5.41) is 4.40. The van der Waals surface area contributed by atoms with Gasteiger partial charge >= 0.3 is 0 Å². The van der Waals surface area contributed by atoms with Crippen LogP contribution in [0.25, 0.3) is 0 Å². The van der Waals surface area contributed by atoms with Crippen molar-refractivity contribution in [2.45, 2.75) is 38.1 Å². The Hall–Kier alpha value is -0.290. The van der Waals surface area contributed by atoms with Gasteiger partial charge in [0.1, 0.15) is 5.82 Å². The number of nitrogens with zero attached hydrogens (tertiary/aromatic N) is 2. The van der Waals surface area contributed by atoms with Gasteiger partial charge in [-0.3, -0.25) is 0 Å². The summed E-state index contributed by atoms with van der Waals surface area (Å²) in [5.74, 6) is 2.92. The molecule has 0 aliphatic heterocycles. The first kappa shape index (κ1) is 11.2. The minimum Gasteiger partial charge on any atom is -0.358 e. The molecule has 2 rings (SSSR count). The van der Waals surface area contributed by atoms with E-state index < -0.39 is 0 Å². The van der Waals surface area contributed by atoms with Gasteiger partial charge in [0, 0.05) is 23.5 Å². The van der Waals surface area contributed by atoms with Gasteiger partial charge in [0.15, 0.2) is 0 Å². The van der Waals surface area contributed by atoms with E-state index in [1.807, 2.05) is 11.8 Å². The van der Waals surface area contributed by atoms with Crippen molar-refractivity contribution in [1.29, 1.82) is 0 Å². The zero-order valence-electron chi connectivity index (χ0n) is 9.19. The Morgan fingerprint density at radius 2 is 2.40 bits per heavy atom. The van der Waals surface area contributed by atoms with E-state index in [2.05, 4.69) is 27.9 Å². The average molecular weight is 243 g/mol. The molecule has 1 atom stereocenters. The van der Waals surface area contributed by atoms with Gasteiger partial charge in [0.2, 0.25) is 5.13 Å². The molecule has 1 aliphatic carbocycles. The minimum atomic E-state index is 0.498. The molecule has 0 saturated heterocycles. The van der Waals surface area contributed by atoms with E-state index in [1.54, 1.807) is 0 Å². The smallest absolute Gasteiger partial charge is 0.202 e. The number of nitrogens with one attached hydrogen (secondary N) is 1. The van der Waals surface area contributed by atoms with Crippen molar-refractivity contribution < 1.29 is 0 Å². The highest BCUT2D eigenvalue weighted by atomic mass is 32.2. The van der Waals surface area contributed by atoms with Gasteiger partial charge < -0.3 is 5.32 Å². The molecule has 1 aromatic heterocycles. The van der Waals surface area contributed by atoms with Gasteiger partial charge in [-0.1, -0.05) is 0 Å². The maximum atomic E-state index is 4.51. The second-order valence-corrected chi connectivity index (χ2v) is 5.80. The summed E-state index contributed by atoms with van der Waals surface area (Å²) >= 11 is 3.39. The summed E-state index contributed by atoms with van der Waals surface area (Å²) in [6, 6.07) is 0.498. The van der Waals surface area contributed by atoms with E-state index >= 15 is 0 Å². The van der Waals surface area contributed by atoms with Crippen molar-refractivity contribution in [3.8, 4) is 0 Å². The third kappa shape index (κ3) is 3.34. The fourth-order valence-corrected chi connectivity index (χ4v) is 2.73. The first-order valence-corrected chi connectivity index (χ1v) is 7.55. The Morgan fingerprint density at radius 1 is 1.60 bits per heavy atom. The summed E-state index contributed by atoms with van der Waals surface area (Å²) in [5.41, 5.74) is 0. The van der Waals surface area contributed by atoms with Crippen LogP contribution in [-0.4, -0.2) is 27.4 Å². The Labute approximate surface area is 99.2 Å². The highest BCUT2D eigenvalue weighted by molar-refractivity contribution is 7.98. The van der Waals surface area contributed by atoms with Gasteiger partial charge in [-0.2, -0.15) is 16.1 Å². The van der Waals surface area contributed by atoms with Gasteiger partial charge in [-0.15, -0.1) is 0 Å². The average Bonchev–Trinajstić information content (AvgIpc) is 2.98. The van der Waals surface area contributed by atoms with Gasteiger partial charge in [0.05, 0.1) is 0 Å². The Bertz CT molecular complexity index is 309. The zero-order chi connectivity index (χ0) is 10.7. The third-order valence-corrected chi connectivity index (χ3v) is 3.81. The SMILES string of the molecule is CSCCC(C)Nc1nc(C2CC2)ns1. The molecule has 5 heteroatoms. The van der Waals surface area contributed by atoms with Crippen molar-refractivity contribution in [2.24, 2.45) is 0 Å². The summed E-state index contributed by atoms with van der Waals surface area (Å²) in [4.78, 5) is 4.51. The lowest BCUT2D eigenvalue weighted by molar-refractivity contribution is 0.769. The van der Waals surface area contributed by atoms with Crippen LogP contribution in [0.1, 0.15) is 37.9 Å². The van der Waals surface area contributed by atoms with Crippen LogP contribution in [-0.2, 0) is 0 Å². The Kier molecular flexibility index (Phi) is 3.86. The molecule has 1 unspecified atom stereocenters. The largest absolute Gasteiger partial charge is 0.358 e. The van der Waals surface area contributed by atoms with Crippen LogP contribution in [0.15, 0.2) is 0 Å². The van der Waals surface area contributed by atoms with Crippen LogP contribution in [0.4, 0.5) is 5.13 Å². The zero-order valence-corrected chi connectivity index (χ0v) is 10.8. The molecule has 0 bridgehead atoms. The van der Waals surface area contributed by atoms with Crippen molar-refractivity contribution in [1.82, 2.24) is 9.36 Å². The molecule has 1 N–H and O–H groups in total. The van der Waals surface area contributed by atoms with E-state index in [4.69, 9.17) is 0 Å². The van der Waals surface area contributed by atoms with Crippen molar-refractivity contribution >= 4 is 28.4 Å². The number of hydrogen-bond acceptors (Lipinski definition) is 5. The van der Waals surface area contributed by atoms with E-state index in [9.17, 15) is 0 Å². The minimum absolute atomic E-state index is 0.498. The standard InChI is InChI=1S/C10H17N3S2/c1-7(5-6-14-2)11-10-12-9(13-15-10)8-3-4-8/h7-8H,3-6H2,1-2H3,(H,11,12,13). The van der Waals surface area contributed by atoms with E-state index in [0.717, 1.165) is 11.0 Å². The van der Waals surface area contributed by atoms with Crippen LogP contribution in [0.2, 0.25) is 0 Å². The van der Waals surface area contributed by atoms with Crippen molar-refractivity contribution in [3.63, 3.8) is 0 Å². The Balaban J connectivity index is 1.81. The van der Waals surface area contributed by atoms with E-state index in [-0.39, 0.29) is 0 Å². The van der Waals surface area contributed by atoms with Crippen LogP contribution < -0.4 is 5.32 Å². The van der Waals surface area contributed by atoms with Gasteiger partial charge in [-0.05, 0) is 38.2 Å². The molecule has 0 amide bonds. The quantitative estimate of drug-likeness (QED) is 0.833. The molecule has 84 valence electrons. The fourth-order valence-electron chi connectivity index (χ4n) is 1.38. The van der Waals surface area contributed by atoms with Crippen molar-refractivity contribution in [3.05, 3.63) is 5.82 Å². The maximum absolute atomic E-state index is 4.51. The predicted molar refractivity (Wildman–Crippen MR) is 68.0 cm³/mol. The second-order valence-electron chi connectivity index (χ2n) is 4.06. The van der Waals surface area contributed by atoms with Gasteiger partial charge in [-0.25, -0.2) is 4.98 Å². The van der Waals surface area contributed by atoms with Gasteiger partial charge in [0.25, 0.3) is 0 Å². The lowest BCUT2D eigenvalue weighted by Gasteiger charge is -2.10. The van der Waals surface area contributed by atoms with Crippen LogP contribution in [0.3, 0.4) is 0 Å². The molecule has 1 saturated carbocycles. The summed E-state index contributed by atoms with van der Waals surface area (Å²) < 4.78 is 4.37. The van der Waals surface area contributed by atoms with Crippen LogP contribution >= 0.6 is 23.3 Å². The summed E-state index contributed by atoms with van der Waals surface area (Å²) in [6.45, 7) is 2.20. The molecule has 0 radical (unpaired) electrons. The molecule has 1 fully saturated rings. The van der Waals surface area contributed by atoms with Crippen molar-refractivity contribution in [2.75, 3.05) is 17.3 Å². The number of anilines is 1. The molecular weight excluding hydrogens is 226 g/mol. The van der Waals surface area contributed by atoms with Crippen LogP contribution in [0.5, 0.6) is 0 Å². The fraction of sp³-hybridized carbons (Fsp3) is 0.800. The molecular formula is C10H17N3S2. The maximum Gasteiger partial charge on any atom is 0.202 e. The monoisotopic (exact) mass is 243 g/mol. The third-order valence-electron chi connectivity index (χ3n) is 2.51. The predicted octanol–water partition coefficient (Wildman–Crippen LogP) is 2.97. The first-order chi connectivity index (χ1) is 7.29. The molecule has 1 heterocycles. The first-order valence-electron chi connectivity index (χ1n) is 5.38. The van der Waals surface area contributed by atoms with E-state index in [1.165, 1.54) is 36.5 Å². The number of rotatable bonds is 6. The molecule has 1 aliphatic rings. The number of hydrogen-bond donors (Lipinski definition) is 1. The lowest BCUT2D eigenvalue weighted by atomic mass is 10.3. The molecule has 1 aromatic rings. The summed E-state index contributed by atoms with van der Waals surface area (Å²) in [7, 11) is 0. The molecule has 0 spiro atoms. The van der Waals surface area contributed by atoms with Crippen LogP contribution in [0, 0.1) is 0 Å². The topological polar surface area (TPSA) is 37.8 Å². The lowest BCUT2D eigenvalue weighted by Crippen LogP contribution is -2.15. The molecule has 3 nitrogen and oxygen atoms in total. The number of aromatic nitrogens is 2. The Morgan fingerprint density at radius 3 is 3.07 bits per heavy atom.